The number of allylic oxidation sites excluding steroid dienone is 2. The van der Waals surface area contributed by atoms with Crippen LogP contribution in [-0.2, 0) is 14.3 Å². The van der Waals surface area contributed by atoms with E-state index < -0.39 is 36.7 Å². The molecule has 1 rings (SSSR count). The lowest BCUT2D eigenvalue weighted by atomic mass is 9.99. The van der Waals surface area contributed by atoms with E-state index in [0.717, 1.165) is 32.1 Å². The lowest BCUT2D eigenvalue weighted by Gasteiger charge is -2.37. The average Bonchev–Trinajstić information content (AvgIpc) is 2.76. The zero-order valence-electron chi connectivity index (χ0n) is 19.2. The van der Waals surface area contributed by atoms with Gasteiger partial charge in [0.1, 0.15) is 31.0 Å². The van der Waals surface area contributed by atoms with Crippen molar-refractivity contribution in [3.8, 4) is 0 Å². The Hall–Kier alpha value is -0.990. The van der Waals surface area contributed by atoms with Crippen LogP contribution in [0.3, 0.4) is 0 Å². The lowest BCUT2D eigenvalue weighted by molar-refractivity contribution is -0.287. The number of rotatable bonds is 17. The minimum Gasteiger partial charge on any atom is -0.463 e. The summed E-state index contributed by atoms with van der Waals surface area (Å²) in [6.07, 6.45) is 13.1. The third-order valence-corrected chi connectivity index (χ3v) is 5.74. The molecule has 0 aromatic heterocycles. The van der Waals surface area contributed by atoms with Crippen molar-refractivity contribution < 1.29 is 34.7 Å². The normalized spacial score (nSPS) is 26.4. The van der Waals surface area contributed by atoms with Gasteiger partial charge in [0, 0.05) is 6.42 Å². The van der Waals surface area contributed by atoms with Gasteiger partial charge in [-0.05, 0) is 32.1 Å². The molecule has 5 atom stereocenters. The topological polar surface area (TPSA) is 116 Å². The number of unbranched alkanes of at least 4 members (excludes halogenated alkanes) is 11. The van der Waals surface area contributed by atoms with E-state index >= 15 is 0 Å². The van der Waals surface area contributed by atoms with Gasteiger partial charge in [-0.15, -0.1) is 0 Å². The quantitative estimate of drug-likeness (QED) is 0.154. The molecule has 5 unspecified atom stereocenters. The standard InChI is InChI=1S/C24H44O7/c1-2-3-4-5-6-7-8-9-10-11-12-13-14-15-16-17-20(25)30-18-19-21(26)22(27)23(28)24(29)31-19/h10-11,19,21-24,26-29H,2-9,12-18H2,1H3. The summed E-state index contributed by atoms with van der Waals surface area (Å²) < 4.78 is 10.0. The summed E-state index contributed by atoms with van der Waals surface area (Å²) >= 11 is 0. The van der Waals surface area contributed by atoms with E-state index in [-0.39, 0.29) is 13.0 Å². The minimum atomic E-state index is -1.62. The molecule has 0 aromatic rings. The van der Waals surface area contributed by atoms with Gasteiger partial charge < -0.3 is 29.9 Å². The summed E-state index contributed by atoms with van der Waals surface area (Å²) in [7, 11) is 0. The van der Waals surface area contributed by atoms with Crippen LogP contribution in [0.25, 0.3) is 0 Å². The van der Waals surface area contributed by atoms with Crippen molar-refractivity contribution in [1.82, 2.24) is 0 Å². The Morgan fingerprint density at radius 1 is 0.774 bits per heavy atom. The van der Waals surface area contributed by atoms with Gasteiger partial charge in [-0.25, -0.2) is 0 Å². The van der Waals surface area contributed by atoms with Crippen LogP contribution >= 0.6 is 0 Å². The highest BCUT2D eigenvalue weighted by Crippen LogP contribution is 2.20. The molecular formula is C24H44O7. The van der Waals surface area contributed by atoms with E-state index in [0.29, 0.717) is 0 Å². The summed E-state index contributed by atoms with van der Waals surface area (Å²) in [5.74, 6) is -0.402. The van der Waals surface area contributed by atoms with Gasteiger partial charge in [0.25, 0.3) is 0 Å². The Morgan fingerprint density at radius 2 is 1.32 bits per heavy atom. The summed E-state index contributed by atoms with van der Waals surface area (Å²) in [5, 5.41) is 38.3. The predicted octanol–water partition coefficient (Wildman–Crippen LogP) is 3.37. The molecule has 1 aliphatic rings. The van der Waals surface area contributed by atoms with Crippen LogP contribution in [0.5, 0.6) is 0 Å². The van der Waals surface area contributed by atoms with Gasteiger partial charge in [0.15, 0.2) is 6.29 Å². The van der Waals surface area contributed by atoms with Crippen molar-refractivity contribution in [2.45, 2.75) is 128 Å². The number of esters is 1. The fourth-order valence-electron chi connectivity index (χ4n) is 3.66. The summed E-state index contributed by atoms with van der Waals surface area (Å²) in [5.41, 5.74) is 0. The number of aliphatic hydroxyl groups excluding tert-OH is 4. The Morgan fingerprint density at radius 3 is 1.94 bits per heavy atom. The number of carbonyl (C=O) groups is 1. The Labute approximate surface area is 187 Å². The van der Waals surface area contributed by atoms with E-state index in [9.17, 15) is 25.2 Å². The first-order chi connectivity index (χ1) is 15.0. The van der Waals surface area contributed by atoms with Crippen LogP contribution in [0.1, 0.15) is 96.8 Å². The van der Waals surface area contributed by atoms with Crippen LogP contribution < -0.4 is 0 Å². The molecule has 7 nitrogen and oxygen atoms in total. The smallest absolute Gasteiger partial charge is 0.305 e. The SMILES string of the molecule is CCCCCCCCCC=CCCCCCCC(=O)OCC1OC(O)C(O)C(O)C1O. The summed E-state index contributed by atoms with van der Waals surface area (Å²) in [6.45, 7) is 1.97. The first-order valence-corrected chi connectivity index (χ1v) is 12.2. The molecule has 0 aliphatic carbocycles. The minimum absolute atomic E-state index is 0.273. The van der Waals surface area contributed by atoms with E-state index in [4.69, 9.17) is 9.47 Å². The monoisotopic (exact) mass is 444 g/mol. The van der Waals surface area contributed by atoms with Crippen LogP contribution in [0.15, 0.2) is 12.2 Å². The van der Waals surface area contributed by atoms with Crippen molar-refractivity contribution in [1.29, 1.82) is 0 Å². The van der Waals surface area contributed by atoms with Crippen molar-refractivity contribution in [2.75, 3.05) is 6.61 Å². The molecule has 0 saturated carbocycles. The molecule has 0 amide bonds. The second kappa shape index (κ2) is 17.6. The lowest BCUT2D eigenvalue weighted by Crippen LogP contribution is -2.58. The van der Waals surface area contributed by atoms with Crippen molar-refractivity contribution in [3.05, 3.63) is 12.2 Å². The number of aliphatic hydroxyl groups is 4. The van der Waals surface area contributed by atoms with Crippen LogP contribution in [0, 0.1) is 0 Å². The number of carbonyl (C=O) groups excluding carboxylic acids is 1. The molecule has 1 heterocycles. The number of ether oxygens (including phenoxy) is 2. The highest BCUT2D eigenvalue weighted by atomic mass is 16.6. The number of hydrogen-bond acceptors (Lipinski definition) is 7. The third kappa shape index (κ3) is 12.6. The molecule has 0 bridgehead atoms. The highest BCUT2D eigenvalue weighted by Gasteiger charge is 2.43. The van der Waals surface area contributed by atoms with E-state index in [2.05, 4.69) is 19.1 Å². The largest absolute Gasteiger partial charge is 0.463 e. The molecule has 0 spiro atoms. The third-order valence-electron chi connectivity index (χ3n) is 5.74. The van der Waals surface area contributed by atoms with Crippen LogP contribution in [0.4, 0.5) is 0 Å². The molecule has 182 valence electrons. The van der Waals surface area contributed by atoms with Crippen molar-refractivity contribution in [3.63, 3.8) is 0 Å². The second-order valence-electron chi connectivity index (χ2n) is 8.55. The molecule has 1 saturated heterocycles. The molecule has 1 aliphatic heterocycles. The molecule has 4 N–H and O–H groups in total. The maximum Gasteiger partial charge on any atom is 0.305 e. The van der Waals surface area contributed by atoms with E-state index in [1.54, 1.807) is 0 Å². The summed E-state index contributed by atoms with van der Waals surface area (Å²) in [6, 6.07) is 0. The molecule has 31 heavy (non-hydrogen) atoms. The summed E-state index contributed by atoms with van der Waals surface area (Å²) in [4.78, 5) is 11.8. The molecular weight excluding hydrogens is 400 g/mol. The highest BCUT2D eigenvalue weighted by molar-refractivity contribution is 5.69. The average molecular weight is 445 g/mol. The maximum absolute atomic E-state index is 11.8. The zero-order valence-corrected chi connectivity index (χ0v) is 19.2. The van der Waals surface area contributed by atoms with Gasteiger partial charge in [0.2, 0.25) is 0 Å². The molecule has 0 aromatic carbocycles. The predicted molar refractivity (Wildman–Crippen MR) is 119 cm³/mol. The Kier molecular flexibility index (Phi) is 15.9. The molecule has 1 fully saturated rings. The van der Waals surface area contributed by atoms with Crippen molar-refractivity contribution >= 4 is 5.97 Å². The Bertz CT molecular complexity index is 483. The molecule has 7 heteroatoms. The zero-order chi connectivity index (χ0) is 22.9. The fraction of sp³-hybridized carbons (Fsp3) is 0.875. The van der Waals surface area contributed by atoms with Gasteiger partial charge in [-0.2, -0.15) is 0 Å². The van der Waals surface area contributed by atoms with Gasteiger partial charge in [-0.1, -0.05) is 70.4 Å². The van der Waals surface area contributed by atoms with E-state index in [1.807, 2.05) is 0 Å². The van der Waals surface area contributed by atoms with Crippen molar-refractivity contribution in [2.24, 2.45) is 0 Å². The maximum atomic E-state index is 11.8. The van der Waals surface area contributed by atoms with E-state index in [1.165, 1.54) is 51.4 Å². The Balaban J connectivity index is 1.93. The second-order valence-corrected chi connectivity index (χ2v) is 8.55. The van der Waals surface area contributed by atoms with Crippen LogP contribution in [0.2, 0.25) is 0 Å². The molecule has 0 radical (unpaired) electrons. The van der Waals surface area contributed by atoms with Gasteiger partial charge >= 0.3 is 5.97 Å². The number of hydrogen-bond donors (Lipinski definition) is 4. The van der Waals surface area contributed by atoms with Gasteiger partial charge in [-0.3, -0.25) is 4.79 Å². The first kappa shape index (κ1) is 28.0. The first-order valence-electron chi connectivity index (χ1n) is 12.2. The van der Waals surface area contributed by atoms with Gasteiger partial charge in [0.05, 0.1) is 0 Å². The van der Waals surface area contributed by atoms with Crippen LogP contribution in [-0.4, -0.2) is 63.7 Å². The fourth-order valence-corrected chi connectivity index (χ4v) is 3.66.